The zero-order valence-corrected chi connectivity index (χ0v) is 5.78. The van der Waals surface area contributed by atoms with Crippen LogP contribution in [0.3, 0.4) is 0 Å². The maximum Gasteiger partial charge on any atom is -0.0209 e. The molecule has 0 heterocycles. The van der Waals surface area contributed by atoms with Gasteiger partial charge in [-0.05, 0) is 24.7 Å². The molecule has 2 atom stereocenters. The summed E-state index contributed by atoms with van der Waals surface area (Å²) in [6.45, 7) is 8.57. The molecule has 0 radical (unpaired) electrons. The van der Waals surface area contributed by atoms with E-state index in [-0.39, 0.29) is 0 Å². The Morgan fingerprint density at radius 3 is 2.25 bits per heavy atom. The van der Waals surface area contributed by atoms with Crippen molar-refractivity contribution >= 4 is 0 Å². The number of allylic oxidation sites excluding steroid dienone is 1. The molecule has 0 nitrogen and oxygen atoms in total. The number of rotatable bonds is 0. The first-order chi connectivity index (χ1) is 3.72. The Kier molecular flexibility index (Phi) is 1.41. The molecule has 1 saturated carbocycles. The SMILES string of the molecule is C=C1CC[C@H](C)[C@H]1C. The predicted octanol–water partition coefficient (Wildman–Crippen LogP) is 2.61. The third kappa shape index (κ3) is 0.795. The Bertz CT molecular complexity index is 103. The Labute approximate surface area is 51.6 Å². The summed E-state index contributed by atoms with van der Waals surface area (Å²) in [5.41, 5.74) is 1.46. The second-order valence-corrected chi connectivity index (χ2v) is 2.96. The lowest BCUT2D eigenvalue weighted by Gasteiger charge is -2.07. The minimum absolute atomic E-state index is 0.787. The van der Waals surface area contributed by atoms with Gasteiger partial charge in [-0.25, -0.2) is 0 Å². The maximum absolute atomic E-state index is 3.99. The molecule has 0 aromatic heterocycles. The molecule has 0 bridgehead atoms. The summed E-state index contributed by atoms with van der Waals surface area (Å²) in [5.74, 6) is 1.68. The minimum Gasteiger partial charge on any atom is -0.0996 e. The van der Waals surface area contributed by atoms with Crippen molar-refractivity contribution in [3.63, 3.8) is 0 Å². The van der Waals surface area contributed by atoms with Gasteiger partial charge in [-0.3, -0.25) is 0 Å². The van der Waals surface area contributed by atoms with Crippen LogP contribution in [0.15, 0.2) is 12.2 Å². The molecular weight excluding hydrogens is 96.1 g/mol. The Hall–Kier alpha value is -0.260. The van der Waals surface area contributed by atoms with E-state index in [4.69, 9.17) is 0 Å². The molecular formula is C8H14. The molecule has 46 valence electrons. The van der Waals surface area contributed by atoms with E-state index in [9.17, 15) is 0 Å². The topological polar surface area (TPSA) is 0 Å². The lowest BCUT2D eigenvalue weighted by Crippen LogP contribution is -1.97. The highest BCUT2D eigenvalue weighted by molar-refractivity contribution is 5.06. The summed E-state index contributed by atoms with van der Waals surface area (Å²) in [7, 11) is 0. The quantitative estimate of drug-likeness (QED) is 0.420. The summed E-state index contributed by atoms with van der Waals surface area (Å²) in [6, 6.07) is 0. The Morgan fingerprint density at radius 2 is 2.12 bits per heavy atom. The molecule has 1 aliphatic rings. The largest absolute Gasteiger partial charge is 0.0996 e. The normalized spacial score (nSPS) is 38.5. The van der Waals surface area contributed by atoms with Gasteiger partial charge in [-0.15, -0.1) is 0 Å². The third-order valence-corrected chi connectivity index (χ3v) is 2.42. The van der Waals surface area contributed by atoms with E-state index < -0.39 is 0 Å². The average Bonchev–Trinajstić information content (AvgIpc) is 1.98. The van der Waals surface area contributed by atoms with E-state index in [2.05, 4.69) is 20.4 Å². The van der Waals surface area contributed by atoms with Gasteiger partial charge in [0.2, 0.25) is 0 Å². The summed E-state index contributed by atoms with van der Waals surface area (Å²) >= 11 is 0. The van der Waals surface area contributed by atoms with Crippen LogP contribution in [0.4, 0.5) is 0 Å². The molecule has 0 spiro atoms. The first-order valence-electron chi connectivity index (χ1n) is 3.39. The van der Waals surface area contributed by atoms with E-state index in [1.54, 1.807) is 0 Å². The molecule has 0 amide bonds. The second kappa shape index (κ2) is 1.93. The molecule has 0 N–H and O–H groups in total. The summed E-state index contributed by atoms with van der Waals surface area (Å²) < 4.78 is 0. The van der Waals surface area contributed by atoms with Crippen molar-refractivity contribution in [3.05, 3.63) is 12.2 Å². The molecule has 0 unspecified atom stereocenters. The third-order valence-electron chi connectivity index (χ3n) is 2.42. The van der Waals surface area contributed by atoms with Crippen LogP contribution in [0.5, 0.6) is 0 Å². The highest BCUT2D eigenvalue weighted by atomic mass is 14.3. The molecule has 0 aromatic carbocycles. The number of hydrogen-bond donors (Lipinski definition) is 0. The van der Waals surface area contributed by atoms with Crippen molar-refractivity contribution in [2.45, 2.75) is 26.7 Å². The van der Waals surface area contributed by atoms with Gasteiger partial charge in [0, 0.05) is 0 Å². The molecule has 0 aromatic rings. The van der Waals surface area contributed by atoms with Crippen LogP contribution < -0.4 is 0 Å². The van der Waals surface area contributed by atoms with Crippen molar-refractivity contribution in [2.24, 2.45) is 11.8 Å². The van der Waals surface area contributed by atoms with Gasteiger partial charge in [0.1, 0.15) is 0 Å². The number of hydrogen-bond acceptors (Lipinski definition) is 0. The lowest BCUT2D eigenvalue weighted by atomic mass is 9.99. The predicted molar refractivity (Wildman–Crippen MR) is 36.7 cm³/mol. The van der Waals surface area contributed by atoms with Gasteiger partial charge >= 0.3 is 0 Å². The van der Waals surface area contributed by atoms with Crippen molar-refractivity contribution in [1.29, 1.82) is 0 Å². The van der Waals surface area contributed by atoms with Crippen LogP contribution in [0.25, 0.3) is 0 Å². The average molecular weight is 110 g/mol. The van der Waals surface area contributed by atoms with Gasteiger partial charge in [0.25, 0.3) is 0 Å². The highest BCUT2D eigenvalue weighted by Gasteiger charge is 2.21. The molecule has 0 heteroatoms. The van der Waals surface area contributed by atoms with Gasteiger partial charge in [-0.1, -0.05) is 26.0 Å². The second-order valence-electron chi connectivity index (χ2n) is 2.96. The first kappa shape index (κ1) is 5.87. The standard InChI is InChI=1S/C8H14/c1-6-4-5-7(2)8(6)3/h7-8H,1,4-5H2,2-3H3/t7-,8-/m0/s1. The zero-order valence-electron chi connectivity index (χ0n) is 5.78. The van der Waals surface area contributed by atoms with Gasteiger partial charge in [-0.2, -0.15) is 0 Å². The monoisotopic (exact) mass is 110 g/mol. The van der Waals surface area contributed by atoms with Crippen LogP contribution >= 0.6 is 0 Å². The fourth-order valence-corrected chi connectivity index (χ4v) is 1.29. The van der Waals surface area contributed by atoms with E-state index in [1.165, 1.54) is 18.4 Å². The van der Waals surface area contributed by atoms with Crippen LogP contribution in [0, 0.1) is 11.8 Å². The van der Waals surface area contributed by atoms with Gasteiger partial charge in [0.05, 0.1) is 0 Å². The van der Waals surface area contributed by atoms with Crippen LogP contribution in [0.1, 0.15) is 26.7 Å². The summed E-state index contributed by atoms with van der Waals surface area (Å²) in [6.07, 6.45) is 2.63. The molecule has 1 aliphatic carbocycles. The van der Waals surface area contributed by atoms with E-state index in [0.717, 1.165) is 11.8 Å². The molecule has 1 fully saturated rings. The fraction of sp³-hybridized carbons (Fsp3) is 0.750. The zero-order chi connectivity index (χ0) is 6.15. The lowest BCUT2D eigenvalue weighted by molar-refractivity contribution is 0.494. The van der Waals surface area contributed by atoms with E-state index >= 15 is 0 Å². The first-order valence-corrected chi connectivity index (χ1v) is 3.39. The van der Waals surface area contributed by atoms with Crippen LogP contribution in [-0.4, -0.2) is 0 Å². The molecule has 1 rings (SSSR count). The molecule has 0 saturated heterocycles. The summed E-state index contributed by atoms with van der Waals surface area (Å²) in [4.78, 5) is 0. The van der Waals surface area contributed by atoms with Crippen molar-refractivity contribution < 1.29 is 0 Å². The van der Waals surface area contributed by atoms with Crippen molar-refractivity contribution in [1.82, 2.24) is 0 Å². The highest BCUT2D eigenvalue weighted by Crippen LogP contribution is 2.34. The minimum atomic E-state index is 0.787. The van der Waals surface area contributed by atoms with Crippen molar-refractivity contribution in [3.8, 4) is 0 Å². The Morgan fingerprint density at radius 1 is 1.50 bits per heavy atom. The Balaban J connectivity index is 2.56. The summed E-state index contributed by atoms with van der Waals surface area (Å²) in [5, 5.41) is 0. The smallest absolute Gasteiger partial charge is 0.0209 e. The van der Waals surface area contributed by atoms with Crippen molar-refractivity contribution in [2.75, 3.05) is 0 Å². The van der Waals surface area contributed by atoms with Gasteiger partial charge < -0.3 is 0 Å². The van der Waals surface area contributed by atoms with E-state index in [1.807, 2.05) is 0 Å². The molecule has 8 heavy (non-hydrogen) atoms. The molecule has 0 aliphatic heterocycles. The maximum atomic E-state index is 3.99. The van der Waals surface area contributed by atoms with E-state index in [0.29, 0.717) is 0 Å². The fourth-order valence-electron chi connectivity index (χ4n) is 1.29. The van der Waals surface area contributed by atoms with Gasteiger partial charge in [0.15, 0.2) is 0 Å². The van der Waals surface area contributed by atoms with Crippen LogP contribution in [-0.2, 0) is 0 Å². The van der Waals surface area contributed by atoms with Crippen LogP contribution in [0.2, 0.25) is 0 Å².